The van der Waals surface area contributed by atoms with Gasteiger partial charge in [-0.25, -0.2) is 4.98 Å². The number of para-hydroxylation sites is 1. The summed E-state index contributed by atoms with van der Waals surface area (Å²) in [5, 5.41) is 8.15. The molecule has 1 aliphatic rings. The molecule has 2 aromatic rings. The monoisotopic (exact) mass is 273 g/mol. The highest BCUT2D eigenvalue weighted by atomic mass is 32.1. The molecule has 4 heteroatoms. The van der Waals surface area contributed by atoms with Crippen LogP contribution in [0.4, 0.5) is 5.69 Å². The lowest BCUT2D eigenvalue weighted by Crippen LogP contribution is -2.13. The summed E-state index contributed by atoms with van der Waals surface area (Å²) >= 11 is 1.80. The van der Waals surface area contributed by atoms with Crippen molar-refractivity contribution in [1.29, 1.82) is 0 Å². The molecule has 19 heavy (non-hydrogen) atoms. The van der Waals surface area contributed by atoms with Gasteiger partial charge in [0.15, 0.2) is 0 Å². The molecule has 1 aliphatic heterocycles. The zero-order chi connectivity index (χ0) is 13.1. The van der Waals surface area contributed by atoms with Crippen molar-refractivity contribution in [2.75, 3.05) is 11.9 Å². The second-order valence-electron chi connectivity index (χ2n) is 4.81. The molecule has 0 unspecified atom stereocenters. The predicted molar refractivity (Wildman–Crippen MR) is 80.7 cm³/mol. The summed E-state index contributed by atoms with van der Waals surface area (Å²) in [6.45, 7) is 4.99. The average molecular weight is 273 g/mol. The van der Waals surface area contributed by atoms with E-state index in [1.54, 1.807) is 11.3 Å². The number of aryl methyl sites for hydroxylation is 1. The predicted octanol–water partition coefficient (Wildman–Crippen LogP) is 2.96. The molecule has 3 nitrogen and oxygen atoms in total. The minimum Gasteiger partial charge on any atom is -0.384 e. The summed E-state index contributed by atoms with van der Waals surface area (Å²) < 4.78 is 0. The lowest BCUT2D eigenvalue weighted by Gasteiger charge is -2.09. The van der Waals surface area contributed by atoms with Crippen molar-refractivity contribution in [2.24, 2.45) is 0 Å². The zero-order valence-electron chi connectivity index (χ0n) is 11.2. The average Bonchev–Trinajstić information content (AvgIpc) is 3.07. The van der Waals surface area contributed by atoms with Crippen LogP contribution >= 0.6 is 11.3 Å². The Balaban J connectivity index is 1.59. The molecule has 2 N–H and O–H groups in total. The summed E-state index contributed by atoms with van der Waals surface area (Å²) in [4.78, 5) is 5.79. The van der Waals surface area contributed by atoms with Crippen LogP contribution in [0.2, 0.25) is 0 Å². The van der Waals surface area contributed by atoms with Gasteiger partial charge in [-0.2, -0.15) is 0 Å². The second-order valence-corrected chi connectivity index (χ2v) is 6.01. The van der Waals surface area contributed by atoms with Gasteiger partial charge in [0.1, 0.15) is 5.01 Å². The lowest BCUT2D eigenvalue weighted by atomic mass is 10.1. The van der Waals surface area contributed by atoms with E-state index < -0.39 is 0 Å². The maximum absolute atomic E-state index is 4.43. The Morgan fingerprint density at radius 2 is 2.32 bits per heavy atom. The van der Waals surface area contributed by atoms with Crippen LogP contribution in [-0.4, -0.2) is 11.5 Å². The number of benzene rings is 1. The SMILES string of the molecule is CCc1cnc(CNCc2cccc3c2NCC3)s1. The highest BCUT2D eigenvalue weighted by Crippen LogP contribution is 2.26. The summed E-state index contributed by atoms with van der Waals surface area (Å²) in [6.07, 6.45) is 4.22. The van der Waals surface area contributed by atoms with E-state index in [9.17, 15) is 0 Å². The second kappa shape index (κ2) is 5.72. The molecule has 0 atom stereocenters. The number of rotatable bonds is 5. The van der Waals surface area contributed by atoms with E-state index >= 15 is 0 Å². The molecule has 0 saturated heterocycles. The Morgan fingerprint density at radius 1 is 1.37 bits per heavy atom. The first-order valence-electron chi connectivity index (χ1n) is 6.85. The molecule has 0 aliphatic carbocycles. The van der Waals surface area contributed by atoms with Crippen LogP contribution in [-0.2, 0) is 25.9 Å². The largest absolute Gasteiger partial charge is 0.384 e. The van der Waals surface area contributed by atoms with Crippen molar-refractivity contribution in [3.63, 3.8) is 0 Å². The molecule has 0 bridgehead atoms. The van der Waals surface area contributed by atoms with Crippen LogP contribution < -0.4 is 10.6 Å². The lowest BCUT2D eigenvalue weighted by molar-refractivity contribution is 0.691. The van der Waals surface area contributed by atoms with Gasteiger partial charge >= 0.3 is 0 Å². The van der Waals surface area contributed by atoms with E-state index in [2.05, 4.69) is 40.7 Å². The number of nitrogens with zero attached hydrogens (tertiary/aromatic N) is 1. The number of hydrogen-bond donors (Lipinski definition) is 2. The minimum atomic E-state index is 0.855. The van der Waals surface area contributed by atoms with E-state index in [4.69, 9.17) is 0 Å². The van der Waals surface area contributed by atoms with Crippen molar-refractivity contribution in [3.05, 3.63) is 45.4 Å². The quantitative estimate of drug-likeness (QED) is 0.879. The normalized spacial score (nSPS) is 13.3. The summed E-state index contributed by atoms with van der Waals surface area (Å²) in [7, 11) is 0. The van der Waals surface area contributed by atoms with Gasteiger partial charge in [-0.3, -0.25) is 0 Å². The van der Waals surface area contributed by atoms with Gasteiger partial charge in [0.05, 0.1) is 0 Å². The van der Waals surface area contributed by atoms with Gasteiger partial charge in [-0.1, -0.05) is 25.1 Å². The summed E-state index contributed by atoms with van der Waals surface area (Å²) in [6, 6.07) is 6.57. The third-order valence-electron chi connectivity index (χ3n) is 3.47. The van der Waals surface area contributed by atoms with Crippen molar-refractivity contribution < 1.29 is 0 Å². The van der Waals surface area contributed by atoms with Gasteiger partial charge in [0.25, 0.3) is 0 Å². The smallest absolute Gasteiger partial charge is 0.107 e. The van der Waals surface area contributed by atoms with E-state index in [0.29, 0.717) is 0 Å². The van der Waals surface area contributed by atoms with E-state index in [0.717, 1.165) is 32.5 Å². The Bertz CT molecular complexity index is 562. The fourth-order valence-electron chi connectivity index (χ4n) is 2.46. The molecule has 2 heterocycles. The molecule has 0 radical (unpaired) electrons. The molecular formula is C15H19N3S. The summed E-state index contributed by atoms with van der Waals surface area (Å²) in [5.41, 5.74) is 4.15. The molecular weight excluding hydrogens is 254 g/mol. The number of anilines is 1. The summed E-state index contributed by atoms with van der Waals surface area (Å²) in [5.74, 6) is 0. The molecule has 100 valence electrons. The van der Waals surface area contributed by atoms with Crippen molar-refractivity contribution in [1.82, 2.24) is 10.3 Å². The standard InChI is InChI=1S/C15H19N3S/c1-2-13-9-18-14(19-13)10-16-8-12-5-3-4-11-6-7-17-15(11)12/h3-5,9,16-17H,2,6-8,10H2,1H3. The Morgan fingerprint density at radius 3 is 3.16 bits per heavy atom. The topological polar surface area (TPSA) is 37.0 Å². The molecule has 0 saturated carbocycles. The fourth-order valence-corrected chi connectivity index (χ4v) is 3.29. The first-order chi connectivity index (χ1) is 9.36. The molecule has 3 rings (SSSR count). The number of nitrogens with one attached hydrogen (secondary N) is 2. The van der Waals surface area contributed by atoms with Crippen molar-refractivity contribution >= 4 is 17.0 Å². The first kappa shape index (κ1) is 12.6. The third kappa shape index (κ3) is 2.80. The number of thiazole rings is 1. The number of aromatic nitrogens is 1. The van der Waals surface area contributed by atoms with E-state index in [1.165, 1.54) is 26.7 Å². The highest BCUT2D eigenvalue weighted by Gasteiger charge is 2.13. The van der Waals surface area contributed by atoms with Gasteiger partial charge < -0.3 is 10.6 Å². The Hall–Kier alpha value is -1.39. The van der Waals surface area contributed by atoms with E-state index in [1.807, 2.05) is 6.20 Å². The van der Waals surface area contributed by atoms with Crippen LogP contribution in [0.15, 0.2) is 24.4 Å². The van der Waals surface area contributed by atoms with Crippen LogP contribution in [0.5, 0.6) is 0 Å². The van der Waals surface area contributed by atoms with Gasteiger partial charge in [-0.05, 0) is 24.0 Å². The Kier molecular flexibility index (Phi) is 3.80. The molecule has 0 fully saturated rings. The molecule has 1 aromatic heterocycles. The van der Waals surface area contributed by atoms with Gasteiger partial charge in [0.2, 0.25) is 0 Å². The maximum Gasteiger partial charge on any atom is 0.107 e. The highest BCUT2D eigenvalue weighted by molar-refractivity contribution is 7.11. The Labute approximate surface area is 118 Å². The molecule has 1 aromatic carbocycles. The minimum absolute atomic E-state index is 0.855. The van der Waals surface area contributed by atoms with Crippen LogP contribution in [0, 0.1) is 0 Å². The maximum atomic E-state index is 4.43. The van der Waals surface area contributed by atoms with Crippen molar-refractivity contribution in [3.8, 4) is 0 Å². The van der Waals surface area contributed by atoms with E-state index in [-0.39, 0.29) is 0 Å². The van der Waals surface area contributed by atoms with Crippen molar-refractivity contribution in [2.45, 2.75) is 32.9 Å². The van der Waals surface area contributed by atoms with Crippen LogP contribution in [0.25, 0.3) is 0 Å². The number of fused-ring (bicyclic) bond motifs is 1. The third-order valence-corrected chi connectivity index (χ3v) is 4.62. The number of hydrogen-bond acceptors (Lipinski definition) is 4. The van der Waals surface area contributed by atoms with Crippen LogP contribution in [0.1, 0.15) is 27.9 Å². The molecule has 0 amide bonds. The first-order valence-corrected chi connectivity index (χ1v) is 7.67. The fraction of sp³-hybridized carbons (Fsp3) is 0.400. The zero-order valence-corrected chi connectivity index (χ0v) is 12.0. The van der Waals surface area contributed by atoms with Crippen LogP contribution in [0.3, 0.4) is 0 Å². The van der Waals surface area contributed by atoms with Gasteiger partial charge in [0, 0.05) is 36.4 Å². The van der Waals surface area contributed by atoms with Gasteiger partial charge in [-0.15, -0.1) is 11.3 Å². The molecule has 0 spiro atoms.